The number of rotatable bonds is 7. The van der Waals surface area contributed by atoms with Crippen LogP contribution in [0.2, 0.25) is 0 Å². The molecule has 1 N–H and O–H groups in total. The minimum atomic E-state index is -0.514. The second-order valence-corrected chi connectivity index (χ2v) is 8.01. The number of nitrogens with one attached hydrogen (secondary N) is 1. The van der Waals surface area contributed by atoms with E-state index in [4.69, 9.17) is 0 Å². The average molecular weight is 403 g/mol. The van der Waals surface area contributed by atoms with Gasteiger partial charge in [-0.2, -0.15) is 5.10 Å². The summed E-state index contributed by atoms with van der Waals surface area (Å²) in [7, 11) is 0. The minimum absolute atomic E-state index is 0.0745. The van der Waals surface area contributed by atoms with Crippen molar-refractivity contribution in [2.24, 2.45) is 5.92 Å². The molecule has 3 aromatic rings. The smallest absolute Gasteiger partial charge is 0.255 e. The van der Waals surface area contributed by atoms with E-state index in [-0.39, 0.29) is 17.7 Å². The Balaban J connectivity index is 1.47. The molecule has 2 aromatic carbocycles. The van der Waals surface area contributed by atoms with Gasteiger partial charge in [-0.05, 0) is 41.7 Å². The molecule has 2 amide bonds. The van der Waals surface area contributed by atoms with Crippen LogP contribution in [0.15, 0.2) is 61.2 Å². The number of amides is 2. The molecule has 2 heterocycles. The topological polar surface area (TPSA) is 80.1 Å². The minimum Gasteiger partial charge on any atom is -0.324 e. The third kappa shape index (κ3) is 4.25. The van der Waals surface area contributed by atoms with Gasteiger partial charge in [0, 0.05) is 17.8 Å². The Labute approximate surface area is 175 Å². The van der Waals surface area contributed by atoms with E-state index in [2.05, 4.69) is 29.2 Å². The lowest BCUT2D eigenvalue weighted by Gasteiger charge is -2.28. The molecule has 1 aliphatic rings. The maximum atomic E-state index is 13.1. The van der Waals surface area contributed by atoms with Crippen LogP contribution in [0.25, 0.3) is 0 Å². The molecule has 0 saturated carbocycles. The predicted molar refractivity (Wildman–Crippen MR) is 114 cm³/mol. The summed E-state index contributed by atoms with van der Waals surface area (Å²) in [5.41, 5.74) is 3.43. The highest BCUT2D eigenvalue weighted by Gasteiger charge is 2.36. The molecule has 0 radical (unpaired) electrons. The standard InChI is InChI=1S/C23H25N5O2/c1-16(2)11-21(28-13-18-5-3-4-6-20(18)23(28)30)22(29)26-19-9-7-17(8-10-19)12-27-15-24-14-25-27/h3-10,14-16,21H,11-13H2,1-2H3,(H,26,29)/t21-/m0/s1. The lowest BCUT2D eigenvalue weighted by atomic mass is 10.0. The zero-order valence-corrected chi connectivity index (χ0v) is 17.2. The van der Waals surface area contributed by atoms with Gasteiger partial charge < -0.3 is 10.2 Å². The van der Waals surface area contributed by atoms with E-state index >= 15 is 0 Å². The summed E-state index contributed by atoms with van der Waals surface area (Å²) in [5.74, 6) is 0.0470. The van der Waals surface area contributed by atoms with Crippen molar-refractivity contribution in [2.45, 2.75) is 39.4 Å². The molecule has 0 aliphatic carbocycles. The zero-order chi connectivity index (χ0) is 21.1. The SMILES string of the molecule is CC(C)C[C@@H](C(=O)Nc1ccc(Cn2cncn2)cc1)N1Cc2ccccc2C1=O. The van der Waals surface area contributed by atoms with E-state index in [0.29, 0.717) is 30.8 Å². The molecule has 1 atom stereocenters. The van der Waals surface area contributed by atoms with Gasteiger partial charge in [0.05, 0.1) is 6.54 Å². The number of carbonyl (C=O) groups excluding carboxylic acids is 2. The Hall–Kier alpha value is -3.48. The van der Waals surface area contributed by atoms with Crippen molar-refractivity contribution in [3.05, 3.63) is 77.9 Å². The summed E-state index contributed by atoms with van der Waals surface area (Å²) in [6.07, 6.45) is 3.77. The van der Waals surface area contributed by atoms with Gasteiger partial charge in [0.2, 0.25) is 5.91 Å². The van der Waals surface area contributed by atoms with E-state index < -0.39 is 6.04 Å². The van der Waals surface area contributed by atoms with Crippen LogP contribution < -0.4 is 5.32 Å². The molecule has 154 valence electrons. The number of benzene rings is 2. The molecule has 0 fully saturated rings. The number of nitrogens with zero attached hydrogens (tertiary/aromatic N) is 4. The van der Waals surface area contributed by atoms with E-state index in [1.807, 2.05) is 48.5 Å². The largest absolute Gasteiger partial charge is 0.324 e. The monoisotopic (exact) mass is 403 g/mol. The Morgan fingerprint density at radius 3 is 2.57 bits per heavy atom. The molecule has 30 heavy (non-hydrogen) atoms. The molecule has 1 aromatic heterocycles. The third-order valence-electron chi connectivity index (χ3n) is 5.26. The molecular formula is C23H25N5O2. The molecule has 1 aliphatic heterocycles. The lowest BCUT2D eigenvalue weighted by Crippen LogP contribution is -2.45. The van der Waals surface area contributed by atoms with Gasteiger partial charge in [0.15, 0.2) is 0 Å². The second-order valence-electron chi connectivity index (χ2n) is 8.01. The van der Waals surface area contributed by atoms with Crippen molar-refractivity contribution in [1.29, 1.82) is 0 Å². The summed E-state index contributed by atoms with van der Waals surface area (Å²) in [6.45, 7) is 5.21. The first-order valence-electron chi connectivity index (χ1n) is 10.1. The molecule has 0 bridgehead atoms. The number of fused-ring (bicyclic) bond motifs is 1. The molecule has 0 saturated heterocycles. The Morgan fingerprint density at radius 1 is 1.13 bits per heavy atom. The molecule has 7 heteroatoms. The van der Waals surface area contributed by atoms with Gasteiger partial charge in [-0.15, -0.1) is 0 Å². The highest BCUT2D eigenvalue weighted by molar-refractivity contribution is 6.03. The van der Waals surface area contributed by atoms with E-state index in [9.17, 15) is 9.59 Å². The van der Waals surface area contributed by atoms with Crippen LogP contribution in [-0.2, 0) is 17.9 Å². The predicted octanol–water partition coefficient (Wildman–Crippen LogP) is 3.34. The van der Waals surface area contributed by atoms with Crippen LogP contribution in [0.3, 0.4) is 0 Å². The maximum absolute atomic E-state index is 13.1. The van der Waals surface area contributed by atoms with Crippen molar-refractivity contribution in [3.63, 3.8) is 0 Å². The number of carbonyl (C=O) groups is 2. The van der Waals surface area contributed by atoms with Gasteiger partial charge >= 0.3 is 0 Å². The van der Waals surface area contributed by atoms with Gasteiger partial charge in [-0.25, -0.2) is 9.67 Å². The van der Waals surface area contributed by atoms with Crippen molar-refractivity contribution in [2.75, 3.05) is 5.32 Å². The Bertz CT molecular complexity index is 1030. The van der Waals surface area contributed by atoms with Crippen molar-refractivity contribution < 1.29 is 9.59 Å². The molecule has 7 nitrogen and oxygen atoms in total. The van der Waals surface area contributed by atoms with E-state index in [0.717, 1.165) is 11.1 Å². The van der Waals surface area contributed by atoms with E-state index in [1.54, 1.807) is 15.9 Å². The first-order chi connectivity index (χ1) is 14.5. The van der Waals surface area contributed by atoms with Gasteiger partial charge in [0.1, 0.15) is 18.7 Å². The normalized spacial score (nSPS) is 14.1. The summed E-state index contributed by atoms with van der Waals surface area (Å²) >= 11 is 0. The van der Waals surface area contributed by atoms with Crippen molar-refractivity contribution >= 4 is 17.5 Å². The second kappa shape index (κ2) is 8.49. The summed E-state index contributed by atoms with van der Waals surface area (Å²) in [6, 6.07) is 14.7. The fraction of sp³-hybridized carbons (Fsp3) is 0.304. The van der Waals surface area contributed by atoms with Crippen LogP contribution in [0.1, 0.15) is 41.8 Å². The zero-order valence-electron chi connectivity index (χ0n) is 17.2. The molecule has 0 unspecified atom stereocenters. The number of anilines is 1. The van der Waals surface area contributed by atoms with Gasteiger partial charge in [-0.3, -0.25) is 9.59 Å². The maximum Gasteiger partial charge on any atom is 0.255 e. The van der Waals surface area contributed by atoms with Crippen LogP contribution in [0, 0.1) is 5.92 Å². The highest BCUT2D eigenvalue weighted by Crippen LogP contribution is 2.27. The van der Waals surface area contributed by atoms with Gasteiger partial charge in [0.25, 0.3) is 5.91 Å². The van der Waals surface area contributed by atoms with Crippen LogP contribution in [0.4, 0.5) is 5.69 Å². The Morgan fingerprint density at radius 2 is 1.90 bits per heavy atom. The molecular weight excluding hydrogens is 378 g/mol. The quantitative estimate of drug-likeness (QED) is 0.656. The molecule has 0 spiro atoms. The fourth-order valence-corrected chi connectivity index (χ4v) is 3.77. The first kappa shape index (κ1) is 19.8. The summed E-state index contributed by atoms with van der Waals surface area (Å²) in [4.78, 5) is 31.7. The van der Waals surface area contributed by atoms with Crippen LogP contribution in [-0.4, -0.2) is 37.5 Å². The average Bonchev–Trinajstić information content (AvgIpc) is 3.36. The lowest BCUT2D eigenvalue weighted by molar-refractivity contribution is -0.121. The van der Waals surface area contributed by atoms with Gasteiger partial charge in [-0.1, -0.05) is 44.2 Å². The van der Waals surface area contributed by atoms with E-state index in [1.165, 1.54) is 6.33 Å². The first-order valence-corrected chi connectivity index (χ1v) is 10.1. The van der Waals surface area contributed by atoms with Crippen LogP contribution >= 0.6 is 0 Å². The van der Waals surface area contributed by atoms with Crippen LogP contribution in [0.5, 0.6) is 0 Å². The summed E-state index contributed by atoms with van der Waals surface area (Å²) < 4.78 is 1.74. The fourth-order valence-electron chi connectivity index (χ4n) is 3.77. The summed E-state index contributed by atoms with van der Waals surface area (Å²) in [5, 5.41) is 7.09. The highest BCUT2D eigenvalue weighted by atomic mass is 16.2. The van der Waals surface area contributed by atoms with Crippen molar-refractivity contribution in [3.8, 4) is 0 Å². The Kier molecular flexibility index (Phi) is 5.61. The number of hydrogen-bond acceptors (Lipinski definition) is 4. The third-order valence-corrected chi connectivity index (χ3v) is 5.26. The number of hydrogen-bond donors (Lipinski definition) is 1. The van der Waals surface area contributed by atoms with Crippen molar-refractivity contribution in [1.82, 2.24) is 19.7 Å². The molecule has 4 rings (SSSR count). The number of aromatic nitrogens is 3.